The fourth-order valence-corrected chi connectivity index (χ4v) is 3.09. The van der Waals surface area contributed by atoms with Crippen molar-refractivity contribution in [3.8, 4) is 11.3 Å². The fourth-order valence-electron chi connectivity index (χ4n) is 3.09. The van der Waals surface area contributed by atoms with Gasteiger partial charge < -0.3 is 9.42 Å². The molecule has 0 atom stereocenters. The summed E-state index contributed by atoms with van der Waals surface area (Å²) in [5.41, 5.74) is 0.534. The standard InChI is InChI=1S/C21H17F6N3O2/c22-20(23,24)17-5-3-15(4-6-17)18-16(12-29-32-18)2-1-11-30(19(31)21(25,26)27)13-14-7-9-28-10-8-14/h3-10,12H,1-2,11,13H2. The lowest BCUT2D eigenvalue weighted by molar-refractivity contribution is -0.186. The molecule has 170 valence electrons. The number of halogens is 6. The molecule has 11 heteroatoms. The normalized spacial score (nSPS) is 12.1. The highest BCUT2D eigenvalue weighted by Crippen LogP contribution is 2.32. The van der Waals surface area contributed by atoms with Gasteiger partial charge in [-0.05, 0) is 42.7 Å². The molecule has 0 N–H and O–H groups in total. The lowest BCUT2D eigenvalue weighted by Gasteiger charge is -2.23. The lowest BCUT2D eigenvalue weighted by Crippen LogP contribution is -2.41. The van der Waals surface area contributed by atoms with Crippen molar-refractivity contribution >= 4 is 5.91 Å². The molecule has 0 aliphatic heterocycles. The summed E-state index contributed by atoms with van der Waals surface area (Å²) in [4.78, 5) is 16.3. The number of rotatable bonds is 7. The van der Waals surface area contributed by atoms with Gasteiger partial charge >= 0.3 is 18.3 Å². The zero-order valence-corrected chi connectivity index (χ0v) is 16.5. The summed E-state index contributed by atoms with van der Waals surface area (Å²) in [6.45, 7) is -0.436. The predicted octanol–water partition coefficient (Wildman–Crippen LogP) is 5.28. The van der Waals surface area contributed by atoms with E-state index in [0.717, 1.165) is 12.1 Å². The molecular formula is C21H17F6N3O2. The molecule has 0 unspecified atom stereocenters. The van der Waals surface area contributed by atoms with Crippen LogP contribution in [0.5, 0.6) is 0 Å². The van der Waals surface area contributed by atoms with Crippen LogP contribution < -0.4 is 0 Å². The third-order valence-corrected chi connectivity index (χ3v) is 4.65. The molecule has 0 fully saturated rings. The van der Waals surface area contributed by atoms with E-state index in [-0.39, 0.29) is 31.7 Å². The highest BCUT2D eigenvalue weighted by molar-refractivity contribution is 5.81. The van der Waals surface area contributed by atoms with Crippen molar-refractivity contribution in [3.63, 3.8) is 0 Å². The lowest BCUT2D eigenvalue weighted by atomic mass is 10.0. The van der Waals surface area contributed by atoms with Crippen LogP contribution in [0.3, 0.4) is 0 Å². The molecule has 0 saturated heterocycles. The second-order valence-corrected chi connectivity index (χ2v) is 6.94. The van der Waals surface area contributed by atoms with E-state index in [4.69, 9.17) is 4.52 Å². The van der Waals surface area contributed by atoms with Gasteiger partial charge in [0, 0.05) is 36.6 Å². The van der Waals surface area contributed by atoms with Gasteiger partial charge in [-0.1, -0.05) is 17.3 Å². The molecule has 5 nitrogen and oxygen atoms in total. The number of alkyl halides is 6. The number of nitrogens with zero attached hydrogens (tertiary/aromatic N) is 3. The zero-order chi connectivity index (χ0) is 23.4. The molecule has 2 heterocycles. The van der Waals surface area contributed by atoms with E-state index in [1.807, 2.05) is 0 Å². The van der Waals surface area contributed by atoms with Crippen molar-refractivity contribution in [2.45, 2.75) is 31.7 Å². The molecule has 0 bridgehead atoms. The number of aromatic nitrogens is 2. The van der Waals surface area contributed by atoms with E-state index >= 15 is 0 Å². The number of benzene rings is 1. The van der Waals surface area contributed by atoms with Crippen LogP contribution in [0.15, 0.2) is 59.5 Å². The Morgan fingerprint density at radius 2 is 1.62 bits per heavy atom. The molecule has 3 rings (SSSR count). The largest absolute Gasteiger partial charge is 0.471 e. The Balaban J connectivity index is 1.69. The van der Waals surface area contributed by atoms with E-state index in [2.05, 4.69) is 10.1 Å². The van der Waals surface area contributed by atoms with Gasteiger partial charge in [-0.2, -0.15) is 26.3 Å². The number of carbonyl (C=O) groups is 1. The maximum atomic E-state index is 13.0. The average Bonchev–Trinajstić information content (AvgIpc) is 3.20. The van der Waals surface area contributed by atoms with Gasteiger partial charge in [0.1, 0.15) is 0 Å². The van der Waals surface area contributed by atoms with E-state index < -0.39 is 23.8 Å². The molecule has 0 saturated carbocycles. The topological polar surface area (TPSA) is 59.2 Å². The zero-order valence-electron chi connectivity index (χ0n) is 16.5. The van der Waals surface area contributed by atoms with Gasteiger partial charge in [-0.15, -0.1) is 0 Å². The molecule has 32 heavy (non-hydrogen) atoms. The monoisotopic (exact) mass is 457 g/mol. The Bertz CT molecular complexity index is 1030. The molecule has 3 aromatic rings. The Labute approximate surface area is 178 Å². The summed E-state index contributed by atoms with van der Waals surface area (Å²) in [5, 5.41) is 3.64. The Hall–Kier alpha value is -3.37. The van der Waals surface area contributed by atoms with Gasteiger partial charge in [-0.3, -0.25) is 9.78 Å². The van der Waals surface area contributed by atoms with Crippen molar-refractivity contribution in [1.29, 1.82) is 0 Å². The molecule has 1 aromatic carbocycles. The van der Waals surface area contributed by atoms with Gasteiger partial charge in [0.15, 0.2) is 5.76 Å². The van der Waals surface area contributed by atoms with E-state index in [9.17, 15) is 31.1 Å². The van der Waals surface area contributed by atoms with Crippen LogP contribution in [0.25, 0.3) is 11.3 Å². The second-order valence-electron chi connectivity index (χ2n) is 6.94. The second kappa shape index (κ2) is 9.41. The van der Waals surface area contributed by atoms with Crippen LogP contribution in [0.1, 0.15) is 23.1 Å². The molecule has 0 aliphatic rings. The van der Waals surface area contributed by atoms with Gasteiger partial charge in [0.25, 0.3) is 0 Å². The van der Waals surface area contributed by atoms with Crippen LogP contribution in [0.2, 0.25) is 0 Å². The molecule has 0 spiro atoms. The Morgan fingerprint density at radius 1 is 0.969 bits per heavy atom. The quantitative estimate of drug-likeness (QED) is 0.453. The average molecular weight is 457 g/mol. The number of hydrogen-bond donors (Lipinski definition) is 0. The first kappa shape index (κ1) is 23.3. The van der Waals surface area contributed by atoms with Crippen LogP contribution in [-0.2, 0) is 23.9 Å². The molecule has 1 amide bonds. The number of pyridine rings is 1. The summed E-state index contributed by atoms with van der Waals surface area (Å²) in [7, 11) is 0. The third kappa shape index (κ3) is 5.86. The molecular weight excluding hydrogens is 440 g/mol. The fraction of sp³-hybridized carbons (Fsp3) is 0.286. The van der Waals surface area contributed by atoms with Crippen molar-refractivity contribution in [2.75, 3.05) is 6.54 Å². The molecule has 0 aliphatic carbocycles. The first-order valence-electron chi connectivity index (χ1n) is 9.42. The van der Waals surface area contributed by atoms with Crippen LogP contribution in [0, 0.1) is 0 Å². The van der Waals surface area contributed by atoms with E-state index in [1.165, 1.54) is 42.9 Å². The van der Waals surface area contributed by atoms with Gasteiger partial charge in [0.05, 0.1) is 11.8 Å². The summed E-state index contributed by atoms with van der Waals surface area (Å²) >= 11 is 0. The minimum absolute atomic E-state index is 0.155. The van der Waals surface area contributed by atoms with Crippen LogP contribution in [0.4, 0.5) is 26.3 Å². The first-order chi connectivity index (χ1) is 15.1. The Morgan fingerprint density at radius 3 is 2.22 bits per heavy atom. The summed E-state index contributed by atoms with van der Waals surface area (Å²) in [6, 6.07) is 7.30. The smallest absolute Gasteiger partial charge is 0.356 e. The number of aryl methyl sites for hydroxylation is 1. The van der Waals surface area contributed by atoms with Crippen molar-refractivity contribution in [1.82, 2.24) is 15.0 Å². The van der Waals surface area contributed by atoms with Crippen LogP contribution in [-0.4, -0.2) is 33.7 Å². The third-order valence-electron chi connectivity index (χ3n) is 4.65. The number of hydrogen-bond acceptors (Lipinski definition) is 4. The molecule has 0 radical (unpaired) electrons. The highest BCUT2D eigenvalue weighted by atomic mass is 19.4. The molecule has 2 aromatic heterocycles. The van der Waals surface area contributed by atoms with Gasteiger partial charge in [0.2, 0.25) is 0 Å². The maximum absolute atomic E-state index is 13.0. The number of amides is 1. The van der Waals surface area contributed by atoms with Crippen molar-refractivity contribution in [2.24, 2.45) is 0 Å². The number of carbonyl (C=O) groups excluding carboxylic acids is 1. The maximum Gasteiger partial charge on any atom is 0.471 e. The Kier molecular flexibility index (Phi) is 6.85. The SMILES string of the molecule is O=C(N(CCCc1cnoc1-c1ccc(C(F)(F)F)cc1)Cc1ccncc1)C(F)(F)F. The van der Waals surface area contributed by atoms with E-state index in [1.54, 1.807) is 0 Å². The summed E-state index contributed by atoms with van der Waals surface area (Å²) in [5.74, 6) is -1.73. The van der Waals surface area contributed by atoms with Crippen LogP contribution >= 0.6 is 0 Å². The minimum Gasteiger partial charge on any atom is -0.356 e. The summed E-state index contributed by atoms with van der Waals surface area (Å²) < 4.78 is 82.3. The van der Waals surface area contributed by atoms with Gasteiger partial charge in [-0.25, -0.2) is 0 Å². The predicted molar refractivity (Wildman–Crippen MR) is 101 cm³/mol. The first-order valence-corrected chi connectivity index (χ1v) is 9.42. The van der Waals surface area contributed by atoms with Crippen molar-refractivity contribution < 1.29 is 35.7 Å². The highest BCUT2D eigenvalue weighted by Gasteiger charge is 2.42. The summed E-state index contributed by atoms with van der Waals surface area (Å²) in [6.07, 6.45) is -4.95. The minimum atomic E-state index is -5.02. The van der Waals surface area contributed by atoms with E-state index in [0.29, 0.717) is 21.6 Å². The van der Waals surface area contributed by atoms with Crippen molar-refractivity contribution in [3.05, 3.63) is 71.7 Å².